The van der Waals surface area contributed by atoms with E-state index in [4.69, 9.17) is 10.5 Å². The number of carbonyl (C=O) groups is 1. The molecule has 1 amide bonds. The molecule has 27 heavy (non-hydrogen) atoms. The molecule has 0 aliphatic carbocycles. The Hall–Kier alpha value is -3.00. The molecule has 1 saturated heterocycles. The number of hydrogen-bond acceptors (Lipinski definition) is 8. The van der Waals surface area contributed by atoms with Crippen LogP contribution in [0.3, 0.4) is 0 Å². The first-order chi connectivity index (χ1) is 12.8. The monoisotopic (exact) mass is 372 g/mol. The summed E-state index contributed by atoms with van der Waals surface area (Å²) in [6.45, 7) is 7.54. The number of nitrogens with zero attached hydrogens (tertiary/aromatic N) is 4. The number of carbonyl (C=O) groups excluding carboxylic acids is 1. The first kappa shape index (κ1) is 18.8. The van der Waals surface area contributed by atoms with Crippen LogP contribution in [0.4, 0.5) is 5.82 Å². The SMILES string of the molecule is C=C(C)C#Cc1nc(N)c2ncn([C@@H]3O[C@H](C(=O)NCC)[C@@H](O)[C@H]3O)c2n1. The van der Waals surface area contributed by atoms with Gasteiger partial charge in [-0.25, -0.2) is 15.0 Å². The Kier molecular flexibility index (Phi) is 5.09. The van der Waals surface area contributed by atoms with Crippen LogP contribution in [0.5, 0.6) is 0 Å². The smallest absolute Gasteiger partial charge is 0.252 e. The number of anilines is 1. The van der Waals surface area contributed by atoms with E-state index in [-0.39, 0.29) is 17.3 Å². The fraction of sp³-hybridized carbons (Fsp3) is 0.412. The number of aromatic nitrogens is 4. The third kappa shape index (κ3) is 3.48. The van der Waals surface area contributed by atoms with Gasteiger partial charge in [0.2, 0.25) is 5.82 Å². The Morgan fingerprint density at radius 2 is 2.19 bits per heavy atom. The molecule has 1 aliphatic rings. The lowest BCUT2D eigenvalue weighted by atomic mass is 10.1. The summed E-state index contributed by atoms with van der Waals surface area (Å²) in [4.78, 5) is 24.5. The molecule has 1 aliphatic heterocycles. The van der Waals surface area contributed by atoms with Gasteiger partial charge in [0.05, 0.1) is 6.33 Å². The van der Waals surface area contributed by atoms with E-state index in [9.17, 15) is 15.0 Å². The van der Waals surface area contributed by atoms with E-state index >= 15 is 0 Å². The summed E-state index contributed by atoms with van der Waals surface area (Å²) in [6, 6.07) is 0. The molecule has 0 radical (unpaired) electrons. The minimum Gasteiger partial charge on any atom is -0.387 e. The van der Waals surface area contributed by atoms with Crippen LogP contribution in [0.25, 0.3) is 11.2 Å². The third-order valence-corrected chi connectivity index (χ3v) is 3.96. The van der Waals surface area contributed by atoms with Gasteiger partial charge >= 0.3 is 0 Å². The fourth-order valence-electron chi connectivity index (χ4n) is 2.72. The molecular formula is C17H20N6O4. The number of aliphatic hydroxyl groups excluding tert-OH is 2. The summed E-state index contributed by atoms with van der Waals surface area (Å²) in [7, 11) is 0. The van der Waals surface area contributed by atoms with Crippen molar-refractivity contribution in [2.75, 3.05) is 12.3 Å². The van der Waals surface area contributed by atoms with E-state index in [1.807, 2.05) is 0 Å². The summed E-state index contributed by atoms with van der Waals surface area (Å²) in [5.74, 6) is 5.24. The van der Waals surface area contributed by atoms with E-state index < -0.39 is 30.4 Å². The van der Waals surface area contributed by atoms with Gasteiger partial charge in [-0.3, -0.25) is 9.36 Å². The Labute approximate surface area is 155 Å². The van der Waals surface area contributed by atoms with Crippen molar-refractivity contribution in [3.05, 3.63) is 24.3 Å². The van der Waals surface area contributed by atoms with Crippen molar-refractivity contribution < 1.29 is 19.7 Å². The molecule has 10 heteroatoms. The van der Waals surface area contributed by atoms with E-state index in [1.54, 1.807) is 13.8 Å². The fourth-order valence-corrected chi connectivity index (χ4v) is 2.72. The molecule has 1 fully saturated rings. The summed E-state index contributed by atoms with van der Waals surface area (Å²) in [6.07, 6.45) is -3.71. The highest BCUT2D eigenvalue weighted by Gasteiger charge is 2.47. The van der Waals surface area contributed by atoms with Crippen LogP contribution in [0.2, 0.25) is 0 Å². The standard InChI is InChI=1S/C17H20N6O4/c1-4-19-16(26)13-11(24)12(25)17(27-13)23-7-20-10-14(18)21-9(22-15(10)23)6-5-8(2)3/h7,11-13,17,24-25H,2,4H2,1,3H3,(H,19,26)(H2,18,21,22)/t11-,12+,13-,17+/m0/s1. The van der Waals surface area contributed by atoms with Crippen molar-refractivity contribution in [1.29, 1.82) is 0 Å². The van der Waals surface area contributed by atoms with Crippen LogP contribution < -0.4 is 11.1 Å². The molecule has 0 aromatic carbocycles. The summed E-state index contributed by atoms with van der Waals surface area (Å²) < 4.78 is 6.99. The number of nitrogens with two attached hydrogens (primary N) is 1. The third-order valence-electron chi connectivity index (χ3n) is 3.96. The minimum absolute atomic E-state index is 0.109. The van der Waals surface area contributed by atoms with E-state index in [0.29, 0.717) is 17.6 Å². The zero-order chi connectivity index (χ0) is 19.7. The number of nitrogens with one attached hydrogen (secondary N) is 1. The first-order valence-electron chi connectivity index (χ1n) is 8.30. The lowest BCUT2D eigenvalue weighted by Gasteiger charge is -2.16. The van der Waals surface area contributed by atoms with Crippen LogP contribution in [0.15, 0.2) is 18.5 Å². The van der Waals surface area contributed by atoms with Gasteiger partial charge in [0.1, 0.15) is 17.7 Å². The van der Waals surface area contributed by atoms with Crippen molar-refractivity contribution in [2.45, 2.75) is 38.4 Å². The topological polar surface area (TPSA) is 148 Å². The van der Waals surface area contributed by atoms with Gasteiger partial charge in [-0.2, -0.15) is 0 Å². The lowest BCUT2D eigenvalue weighted by molar-refractivity contribution is -0.137. The highest BCUT2D eigenvalue weighted by Crippen LogP contribution is 2.32. The molecule has 4 atom stereocenters. The van der Waals surface area contributed by atoms with Crippen molar-refractivity contribution >= 4 is 22.9 Å². The molecule has 0 bridgehead atoms. The normalized spacial score (nSPS) is 24.4. The molecule has 2 aromatic heterocycles. The number of imidazole rings is 1. The molecule has 3 rings (SSSR count). The number of likely N-dealkylation sites (N-methyl/N-ethyl adjacent to an activating group) is 1. The maximum absolute atomic E-state index is 12.0. The number of nitrogen functional groups attached to an aromatic ring is 1. The van der Waals surface area contributed by atoms with Crippen molar-refractivity contribution in [1.82, 2.24) is 24.8 Å². The second-order valence-electron chi connectivity index (χ2n) is 6.11. The Balaban J connectivity index is 2.01. The number of fused-ring (bicyclic) bond motifs is 1. The highest BCUT2D eigenvalue weighted by molar-refractivity contribution is 5.83. The Bertz CT molecular complexity index is 959. The van der Waals surface area contributed by atoms with Gasteiger partial charge < -0.3 is 26.0 Å². The minimum atomic E-state index is -1.40. The highest BCUT2D eigenvalue weighted by atomic mass is 16.6. The average molecular weight is 372 g/mol. The number of aliphatic hydroxyl groups is 2. The first-order valence-corrected chi connectivity index (χ1v) is 8.30. The number of ether oxygens (including phenoxy) is 1. The van der Waals surface area contributed by atoms with Gasteiger partial charge in [0.25, 0.3) is 5.91 Å². The second kappa shape index (κ2) is 7.32. The van der Waals surface area contributed by atoms with Crippen molar-refractivity contribution in [3.8, 4) is 11.8 Å². The quantitative estimate of drug-likeness (QED) is 0.506. The lowest BCUT2D eigenvalue weighted by Crippen LogP contribution is -2.42. The Morgan fingerprint density at radius 3 is 2.85 bits per heavy atom. The summed E-state index contributed by atoms with van der Waals surface area (Å²) in [5, 5.41) is 23.1. The molecule has 2 aromatic rings. The molecule has 10 nitrogen and oxygen atoms in total. The zero-order valence-electron chi connectivity index (χ0n) is 14.9. The van der Waals surface area contributed by atoms with Crippen LogP contribution in [0, 0.1) is 11.8 Å². The molecule has 142 valence electrons. The van der Waals surface area contributed by atoms with Crippen LogP contribution in [-0.4, -0.2) is 60.5 Å². The van der Waals surface area contributed by atoms with Crippen molar-refractivity contribution in [2.24, 2.45) is 0 Å². The van der Waals surface area contributed by atoms with Crippen LogP contribution in [-0.2, 0) is 9.53 Å². The van der Waals surface area contributed by atoms with Crippen LogP contribution in [0.1, 0.15) is 25.9 Å². The van der Waals surface area contributed by atoms with Gasteiger partial charge in [-0.05, 0) is 25.3 Å². The number of hydrogen-bond donors (Lipinski definition) is 4. The predicted octanol–water partition coefficient (Wildman–Crippen LogP) is -0.909. The summed E-state index contributed by atoms with van der Waals surface area (Å²) >= 11 is 0. The molecule has 0 spiro atoms. The average Bonchev–Trinajstić information content (AvgIpc) is 3.16. The maximum Gasteiger partial charge on any atom is 0.252 e. The van der Waals surface area contributed by atoms with Gasteiger partial charge in [0, 0.05) is 6.54 Å². The van der Waals surface area contributed by atoms with E-state index in [0.717, 1.165) is 0 Å². The van der Waals surface area contributed by atoms with Gasteiger partial charge in [0.15, 0.2) is 23.8 Å². The Morgan fingerprint density at radius 1 is 1.44 bits per heavy atom. The molecule has 0 unspecified atom stereocenters. The zero-order valence-corrected chi connectivity index (χ0v) is 14.9. The molecular weight excluding hydrogens is 352 g/mol. The molecule has 3 heterocycles. The van der Waals surface area contributed by atoms with E-state index in [1.165, 1.54) is 10.9 Å². The van der Waals surface area contributed by atoms with Gasteiger partial charge in [-0.1, -0.05) is 12.5 Å². The number of allylic oxidation sites excluding steroid dienone is 1. The van der Waals surface area contributed by atoms with E-state index in [2.05, 4.69) is 38.7 Å². The summed E-state index contributed by atoms with van der Waals surface area (Å²) in [5.41, 5.74) is 7.11. The van der Waals surface area contributed by atoms with Crippen molar-refractivity contribution in [3.63, 3.8) is 0 Å². The number of amides is 1. The van der Waals surface area contributed by atoms with Gasteiger partial charge in [-0.15, -0.1) is 0 Å². The predicted molar refractivity (Wildman–Crippen MR) is 96.0 cm³/mol. The van der Waals surface area contributed by atoms with Crippen LogP contribution >= 0.6 is 0 Å². The maximum atomic E-state index is 12.0. The number of rotatable bonds is 3. The molecule has 0 saturated carbocycles. The molecule has 5 N–H and O–H groups in total. The second-order valence-corrected chi connectivity index (χ2v) is 6.11. The largest absolute Gasteiger partial charge is 0.387 e.